The summed E-state index contributed by atoms with van der Waals surface area (Å²) < 4.78 is 5.52. The molecule has 1 aliphatic heterocycles. The molecule has 1 N–H and O–H groups in total. The number of aliphatic hydroxyl groups is 1. The van der Waals surface area contributed by atoms with Gasteiger partial charge < -0.3 is 14.7 Å². The van der Waals surface area contributed by atoms with E-state index >= 15 is 0 Å². The normalized spacial score (nSPS) is 16.4. The van der Waals surface area contributed by atoms with E-state index in [4.69, 9.17) is 4.74 Å². The van der Waals surface area contributed by atoms with Crippen molar-refractivity contribution >= 4 is 12.4 Å². The van der Waals surface area contributed by atoms with E-state index in [0.29, 0.717) is 6.61 Å². The molecule has 1 fully saturated rings. The zero-order valence-electron chi connectivity index (χ0n) is 14.8. The number of rotatable bonds is 7. The third-order valence-electron chi connectivity index (χ3n) is 5.06. The molecule has 0 amide bonds. The van der Waals surface area contributed by atoms with E-state index in [-0.39, 0.29) is 18.3 Å². The summed E-state index contributed by atoms with van der Waals surface area (Å²) in [4.78, 5) is 2.44. The van der Waals surface area contributed by atoms with Crippen LogP contribution < -0.4 is 0 Å². The van der Waals surface area contributed by atoms with Crippen LogP contribution in [0.15, 0.2) is 60.7 Å². The van der Waals surface area contributed by atoms with Crippen molar-refractivity contribution < 1.29 is 9.84 Å². The molecule has 2 aromatic carbocycles. The highest BCUT2D eigenvalue weighted by Gasteiger charge is 2.41. The Morgan fingerprint density at radius 2 is 1.44 bits per heavy atom. The Kier molecular flexibility index (Phi) is 7.45. The third kappa shape index (κ3) is 4.42. The lowest BCUT2D eigenvalue weighted by Crippen LogP contribution is -2.45. The number of methoxy groups -OCH3 is 1. The van der Waals surface area contributed by atoms with Gasteiger partial charge in [0.1, 0.15) is 5.60 Å². The summed E-state index contributed by atoms with van der Waals surface area (Å²) in [5, 5.41) is 11.9. The molecule has 3 rings (SSSR count). The molecule has 1 saturated heterocycles. The van der Waals surface area contributed by atoms with Crippen molar-refractivity contribution in [1.82, 2.24) is 4.90 Å². The highest BCUT2D eigenvalue weighted by Crippen LogP contribution is 2.38. The van der Waals surface area contributed by atoms with Crippen molar-refractivity contribution in [1.29, 1.82) is 0 Å². The summed E-state index contributed by atoms with van der Waals surface area (Å²) in [6.45, 7) is 3.59. The first kappa shape index (κ1) is 19.9. The maximum atomic E-state index is 11.9. The van der Waals surface area contributed by atoms with Gasteiger partial charge in [-0.15, -0.1) is 12.4 Å². The molecule has 0 radical (unpaired) electrons. The van der Waals surface area contributed by atoms with Crippen molar-refractivity contribution in [2.45, 2.75) is 18.4 Å². The van der Waals surface area contributed by atoms with E-state index in [1.807, 2.05) is 60.7 Å². The maximum absolute atomic E-state index is 11.9. The van der Waals surface area contributed by atoms with E-state index in [1.165, 1.54) is 12.8 Å². The summed E-state index contributed by atoms with van der Waals surface area (Å²) in [7, 11) is 1.72. The predicted molar refractivity (Wildman–Crippen MR) is 104 cm³/mol. The molecule has 3 nitrogen and oxygen atoms in total. The van der Waals surface area contributed by atoms with E-state index in [2.05, 4.69) is 4.90 Å². The number of halogens is 1. The summed E-state index contributed by atoms with van der Waals surface area (Å²) in [6.07, 6.45) is 2.49. The summed E-state index contributed by atoms with van der Waals surface area (Å²) in [6, 6.07) is 20.0. The van der Waals surface area contributed by atoms with Gasteiger partial charge in [0, 0.05) is 19.6 Å². The Bertz CT molecular complexity index is 575. The van der Waals surface area contributed by atoms with E-state index in [1.54, 1.807) is 7.11 Å². The van der Waals surface area contributed by atoms with Crippen molar-refractivity contribution in [3.8, 4) is 0 Å². The first-order valence-electron chi connectivity index (χ1n) is 8.80. The number of likely N-dealkylation sites (tertiary alicyclic amines) is 1. The van der Waals surface area contributed by atoms with Gasteiger partial charge in [0.15, 0.2) is 0 Å². The second-order valence-corrected chi connectivity index (χ2v) is 6.66. The Morgan fingerprint density at radius 1 is 0.960 bits per heavy atom. The largest absolute Gasteiger partial charge is 0.384 e. The van der Waals surface area contributed by atoms with Crippen LogP contribution in [0.2, 0.25) is 0 Å². The zero-order valence-corrected chi connectivity index (χ0v) is 15.6. The minimum Gasteiger partial charge on any atom is -0.384 e. The van der Waals surface area contributed by atoms with Gasteiger partial charge >= 0.3 is 0 Å². The number of nitrogens with zero attached hydrogens (tertiary/aromatic N) is 1. The molecule has 136 valence electrons. The second-order valence-electron chi connectivity index (χ2n) is 6.66. The fourth-order valence-electron chi connectivity index (χ4n) is 3.81. The number of hydrogen-bond acceptors (Lipinski definition) is 3. The lowest BCUT2D eigenvalue weighted by molar-refractivity contribution is -0.0323. The van der Waals surface area contributed by atoms with Crippen molar-refractivity contribution in [2.75, 3.05) is 33.4 Å². The van der Waals surface area contributed by atoms with Gasteiger partial charge in [0.25, 0.3) is 0 Å². The Hall–Kier alpha value is -1.39. The van der Waals surface area contributed by atoms with Crippen LogP contribution in [0.5, 0.6) is 0 Å². The standard InChI is InChI=1S/C21H27NO2.ClH/c1-24-17-20(16-22-14-8-9-15-22)21(23,18-10-4-2-5-11-18)19-12-6-3-7-13-19;/h2-7,10-13,20,23H,8-9,14-17H2,1H3;1H. The molecule has 0 bridgehead atoms. The van der Waals surface area contributed by atoms with Crippen LogP contribution in [0.1, 0.15) is 24.0 Å². The van der Waals surface area contributed by atoms with E-state index in [9.17, 15) is 5.11 Å². The molecule has 0 spiro atoms. The highest BCUT2D eigenvalue weighted by atomic mass is 35.5. The Morgan fingerprint density at radius 3 is 1.88 bits per heavy atom. The first-order valence-corrected chi connectivity index (χ1v) is 8.80. The number of ether oxygens (including phenoxy) is 1. The minimum absolute atomic E-state index is 0. The molecule has 2 aromatic rings. The minimum atomic E-state index is -1.05. The molecule has 4 heteroatoms. The first-order chi connectivity index (χ1) is 11.7. The van der Waals surface area contributed by atoms with Crippen LogP contribution in [0.25, 0.3) is 0 Å². The van der Waals surface area contributed by atoms with Crippen LogP contribution >= 0.6 is 12.4 Å². The zero-order chi connectivity index (χ0) is 16.8. The van der Waals surface area contributed by atoms with Crippen LogP contribution in [-0.2, 0) is 10.3 Å². The van der Waals surface area contributed by atoms with Gasteiger partial charge in [-0.25, -0.2) is 0 Å². The van der Waals surface area contributed by atoms with Crippen molar-refractivity contribution in [3.05, 3.63) is 71.8 Å². The molecule has 0 aromatic heterocycles. The van der Waals surface area contributed by atoms with Crippen LogP contribution in [0.4, 0.5) is 0 Å². The summed E-state index contributed by atoms with van der Waals surface area (Å²) in [5.41, 5.74) is 0.802. The highest BCUT2D eigenvalue weighted by molar-refractivity contribution is 5.85. The lowest BCUT2D eigenvalue weighted by Gasteiger charge is -2.39. The van der Waals surface area contributed by atoms with Crippen molar-refractivity contribution in [2.24, 2.45) is 5.92 Å². The topological polar surface area (TPSA) is 32.7 Å². The molecule has 1 atom stereocenters. The number of benzene rings is 2. The number of hydrogen-bond donors (Lipinski definition) is 1. The lowest BCUT2D eigenvalue weighted by atomic mass is 9.76. The molecule has 1 unspecified atom stereocenters. The van der Waals surface area contributed by atoms with Gasteiger partial charge in [-0.2, -0.15) is 0 Å². The molecule has 25 heavy (non-hydrogen) atoms. The van der Waals surface area contributed by atoms with Crippen LogP contribution in [0, 0.1) is 5.92 Å². The summed E-state index contributed by atoms with van der Waals surface area (Å²) >= 11 is 0. The van der Waals surface area contributed by atoms with Gasteiger partial charge in [-0.3, -0.25) is 0 Å². The van der Waals surface area contributed by atoms with Crippen LogP contribution in [0.3, 0.4) is 0 Å². The monoisotopic (exact) mass is 361 g/mol. The molecular formula is C21H28ClNO2. The van der Waals surface area contributed by atoms with E-state index in [0.717, 1.165) is 30.8 Å². The SMILES string of the molecule is COCC(CN1CCCC1)C(O)(c1ccccc1)c1ccccc1.Cl. The van der Waals surface area contributed by atoms with Gasteiger partial charge in [0.05, 0.1) is 6.61 Å². The molecular weight excluding hydrogens is 334 g/mol. The predicted octanol–water partition coefficient (Wildman–Crippen LogP) is 3.70. The quantitative estimate of drug-likeness (QED) is 0.816. The summed E-state index contributed by atoms with van der Waals surface area (Å²) in [5.74, 6) is -0.0228. The second kappa shape index (κ2) is 9.35. The maximum Gasteiger partial charge on any atom is 0.121 e. The molecule has 0 aliphatic carbocycles. The molecule has 1 aliphatic rings. The molecule has 0 saturated carbocycles. The molecule has 1 heterocycles. The smallest absolute Gasteiger partial charge is 0.121 e. The fraction of sp³-hybridized carbons (Fsp3) is 0.429. The Labute approximate surface area is 157 Å². The van der Waals surface area contributed by atoms with Crippen molar-refractivity contribution in [3.63, 3.8) is 0 Å². The third-order valence-corrected chi connectivity index (χ3v) is 5.06. The van der Waals surface area contributed by atoms with Gasteiger partial charge in [-0.05, 0) is 37.1 Å². The fourth-order valence-corrected chi connectivity index (χ4v) is 3.81. The average molecular weight is 362 g/mol. The Balaban J connectivity index is 0.00000225. The van der Waals surface area contributed by atoms with Gasteiger partial charge in [-0.1, -0.05) is 60.7 Å². The average Bonchev–Trinajstić information content (AvgIpc) is 3.15. The van der Waals surface area contributed by atoms with Gasteiger partial charge in [0.2, 0.25) is 0 Å². The van der Waals surface area contributed by atoms with E-state index < -0.39 is 5.60 Å². The van der Waals surface area contributed by atoms with Crippen LogP contribution in [-0.4, -0.2) is 43.4 Å².